The molecule has 1 aromatic carbocycles. The number of piperazine rings is 1. The van der Waals surface area contributed by atoms with Gasteiger partial charge in [-0.2, -0.15) is 0 Å². The molecule has 1 saturated heterocycles. The van der Waals surface area contributed by atoms with E-state index in [1.807, 2.05) is 31.2 Å². The van der Waals surface area contributed by atoms with E-state index in [0.29, 0.717) is 0 Å². The predicted molar refractivity (Wildman–Crippen MR) is 95.6 cm³/mol. The molecule has 1 N–H and O–H groups in total. The molecule has 0 amide bonds. The lowest BCUT2D eigenvalue weighted by Crippen LogP contribution is -2.51. The molecule has 0 aromatic heterocycles. The van der Waals surface area contributed by atoms with Gasteiger partial charge in [0.2, 0.25) is 0 Å². The molecule has 0 saturated carbocycles. The van der Waals surface area contributed by atoms with Gasteiger partial charge in [-0.15, -0.1) is 0 Å². The Kier molecular flexibility index (Phi) is 5.55. The van der Waals surface area contributed by atoms with Gasteiger partial charge < -0.3 is 15.1 Å². The zero-order valence-electron chi connectivity index (χ0n) is 13.3. The lowest BCUT2D eigenvalue weighted by Gasteiger charge is -2.37. The van der Waals surface area contributed by atoms with Gasteiger partial charge in [0, 0.05) is 44.0 Å². The van der Waals surface area contributed by atoms with Crippen LogP contribution in [0.1, 0.15) is 24.2 Å². The Hall–Kier alpha value is -1.88. The molecular weight excluding hydrogens is 294 g/mol. The Balaban J connectivity index is 1.87. The number of carbonyl (C=O) groups excluding carboxylic acids is 1. The summed E-state index contributed by atoms with van der Waals surface area (Å²) < 4.78 is 0. The second-order valence-electron chi connectivity index (χ2n) is 5.69. The third kappa shape index (κ3) is 4.31. The van der Waals surface area contributed by atoms with Crippen molar-refractivity contribution in [3.8, 4) is 0 Å². The molecule has 0 atom stereocenters. The largest absolute Gasteiger partial charge is 0.368 e. The van der Waals surface area contributed by atoms with Crippen LogP contribution < -0.4 is 10.2 Å². The van der Waals surface area contributed by atoms with Crippen molar-refractivity contribution >= 4 is 28.8 Å². The topological polar surface area (TPSA) is 35.6 Å². The first-order valence-corrected chi connectivity index (χ1v) is 7.91. The van der Waals surface area contributed by atoms with E-state index in [4.69, 9.17) is 12.2 Å². The summed E-state index contributed by atoms with van der Waals surface area (Å²) in [6, 6.07) is 7.82. The highest BCUT2D eigenvalue weighted by molar-refractivity contribution is 7.80. The van der Waals surface area contributed by atoms with Gasteiger partial charge >= 0.3 is 0 Å². The van der Waals surface area contributed by atoms with E-state index in [1.54, 1.807) is 6.92 Å². The minimum atomic E-state index is 0.102. The number of carbonyl (C=O) groups is 1. The molecule has 0 spiro atoms. The zero-order valence-corrected chi connectivity index (χ0v) is 14.1. The number of nitrogens with one attached hydrogen (secondary N) is 1. The van der Waals surface area contributed by atoms with Crippen molar-refractivity contribution in [2.24, 2.45) is 0 Å². The first-order chi connectivity index (χ1) is 10.5. The second-order valence-corrected chi connectivity index (χ2v) is 6.08. The van der Waals surface area contributed by atoms with Crippen LogP contribution in [0.3, 0.4) is 0 Å². The summed E-state index contributed by atoms with van der Waals surface area (Å²) in [5, 5.41) is 4.03. The van der Waals surface area contributed by atoms with Crippen molar-refractivity contribution < 1.29 is 4.79 Å². The molecule has 0 unspecified atom stereocenters. The van der Waals surface area contributed by atoms with Gasteiger partial charge in [-0.3, -0.25) is 4.79 Å². The van der Waals surface area contributed by atoms with Gasteiger partial charge in [0.05, 0.1) is 0 Å². The molecule has 1 aliphatic heterocycles. The van der Waals surface area contributed by atoms with E-state index in [2.05, 4.69) is 21.7 Å². The maximum Gasteiger partial charge on any atom is 0.169 e. The highest BCUT2D eigenvalue weighted by atomic mass is 32.1. The number of ketones is 1. The zero-order chi connectivity index (χ0) is 16.1. The predicted octanol–water partition coefficient (Wildman–Crippen LogP) is 2.46. The number of Topliss-reactive ketones (excluding diaryl/α,β-unsaturated/α-hetero) is 1. The number of rotatable bonds is 4. The molecule has 1 aromatic rings. The van der Waals surface area contributed by atoms with Crippen LogP contribution in [-0.2, 0) is 0 Å². The van der Waals surface area contributed by atoms with Gasteiger partial charge in [-0.1, -0.05) is 12.2 Å². The molecule has 1 heterocycles. The van der Waals surface area contributed by atoms with Crippen LogP contribution in [-0.4, -0.2) is 48.5 Å². The molecule has 22 heavy (non-hydrogen) atoms. The summed E-state index contributed by atoms with van der Waals surface area (Å²) in [5.74, 6) is 0.102. The molecule has 1 aliphatic rings. The highest BCUT2D eigenvalue weighted by Crippen LogP contribution is 2.17. The number of thiocarbonyl (C=S) groups is 1. The van der Waals surface area contributed by atoms with Crippen molar-refractivity contribution in [3.05, 3.63) is 42.0 Å². The molecule has 0 bridgehead atoms. The monoisotopic (exact) mass is 317 g/mol. The summed E-state index contributed by atoms with van der Waals surface area (Å²) in [6.07, 6.45) is 0. The van der Waals surface area contributed by atoms with E-state index in [9.17, 15) is 4.79 Å². The third-order valence-corrected chi connectivity index (χ3v) is 4.15. The fourth-order valence-electron chi connectivity index (χ4n) is 2.41. The molecule has 1 fully saturated rings. The van der Waals surface area contributed by atoms with Crippen LogP contribution in [0.25, 0.3) is 0 Å². The SMILES string of the molecule is C=C(C)CNC(=S)N1CCN(c2ccc(C(C)=O)cc2)CC1. The van der Waals surface area contributed by atoms with Crippen LogP contribution in [0.15, 0.2) is 36.4 Å². The molecule has 0 aliphatic carbocycles. The van der Waals surface area contributed by atoms with Crippen molar-refractivity contribution in [2.45, 2.75) is 13.8 Å². The van der Waals surface area contributed by atoms with E-state index in [-0.39, 0.29) is 5.78 Å². The van der Waals surface area contributed by atoms with Crippen LogP contribution in [0, 0.1) is 0 Å². The molecule has 118 valence electrons. The van der Waals surface area contributed by atoms with E-state index in [1.165, 1.54) is 0 Å². The van der Waals surface area contributed by atoms with Gasteiger partial charge in [0.15, 0.2) is 10.9 Å². The maximum atomic E-state index is 11.3. The molecule has 2 rings (SSSR count). The normalized spacial score (nSPS) is 14.6. The Morgan fingerprint density at radius 2 is 1.77 bits per heavy atom. The summed E-state index contributed by atoms with van der Waals surface area (Å²) in [6.45, 7) is 11.8. The Morgan fingerprint density at radius 3 is 2.27 bits per heavy atom. The number of anilines is 1. The Morgan fingerprint density at radius 1 is 1.18 bits per heavy atom. The number of hydrogen-bond donors (Lipinski definition) is 1. The number of nitrogens with zero attached hydrogens (tertiary/aromatic N) is 2. The van der Waals surface area contributed by atoms with Crippen molar-refractivity contribution in [3.63, 3.8) is 0 Å². The highest BCUT2D eigenvalue weighted by Gasteiger charge is 2.19. The summed E-state index contributed by atoms with van der Waals surface area (Å²) in [7, 11) is 0. The van der Waals surface area contributed by atoms with E-state index >= 15 is 0 Å². The lowest BCUT2D eigenvalue weighted by molar-refractivity contribution is 0.101. The number of hydrogen-bond acceptors (Lipinski definition) is 3. The lowest BCUT2D eigenvalue weighted by atomic mass is 10.1. The molecule has 4 nitrogen and oxygen atoms in total. The first-order valence-electron chi connectivity index (χ1n) is 7.50. The molecule has 0 radical (unpaired) electrons. The fourth-order valence-corrected chi connectivity index (χ4v) is 2.67. The average Bonchev–Trinajstić information content (AvgIpc) is 2.53. The quantitative estimate of drug-likeness (QED) is 0.524. The van der Waals surface area contributed by atoms with Crippen LogP contribution >= 0.6 is 12.2 Å². The molecule has 5 heteroatoms. The van der Waals surface area contributed by atoms with E-state index < -0.39 is 0 Å². The van der Waals surface area contributed by atoms with Crippen molar-refractivity contribution in [1.29, 1.82) is 0 Å². The first kappa shape index (κ1) is 16.5. The van der Waals surface area contributed by atoms with Crippen LogP contribution in [0.4, 0.5) is 5.69 Å². The second kappa shape index (κ2) is 7.40. The fraction of sp³-hybridized carbons (Fsp3) is 0.412. The summed E-state index contributed by atoms with van der Waals surface area (Å²) in [4.78, 5) is 15.8. The minimum absolute atomic E-state index is 0.102. The molecular formula is C17H23N3OS. The average molecular weight is 317 g/mol. The smallest absolute Gasteiger partial charge is 0.169 e. The Labute approximate surface area is 137 Å². The number of benzene rings is 1. The van der Waals surface area contributed by atoms with Crippen molar-refractivity contribution in [2.75, 3.05) is 37.6 Å². The maximum absolute atomic E-state index is 11.3. The standard InChI is InChI=1S/C17H23N3OS/c1-13(2)12-18-17(22)20-10-8-19(9-11-20)16-6-4-15(5-7-16)14(3)21/h4-7H,1,8-12H2,2-3H3,(H,18,22). The van der Waals surface area contributed by atoms with E-state index in [0.717, 1.165) is 54.7 Å². The summed E-state index contributed by atoms with van der Waals surface area (Å²) >= 11 is 5.41. The van der Waals surface area contributed by atoms with Crippen LogP contribution in [0.2, 0.25) is 0 Å². The van der Waals surface area contributed by atoms with Gasteiger partial charge in [0.1, 0.15) is 0 Å². The Bertz CT molecular complexity index is 560. The van der Waals surface area contributed by atoms with Gasteiger partial charge in [-0.25, -0.2) is 0 Å². The summed E-state index contributed by atoms with van der Waals surface area (Å²) in [5.41, 5.74) is 2.99. The van der Waals surface area contributed by atoms with Crippen molar-refractivity contribution in [1.82, 2.24) is 10.2 Å². The minimum Gasteiger partial charge on any atom is -0.368 e. The van der Waals surface area contributed by atoms with Gasteiger partial charge in [0.25, 0.3) is 0 Å². The van der Waals surface area contributed by atoms with Gasteiger partial charge in [-0.05, 0) is 50.3 Å². The third-order valence-electron chi connectivity index (χ3n) is 3.75. The van der Waals surface area contributed by atoms with Crippen LogP contribution in [0.5, 0.6) is 0 Å².